The normalized spacial score (nSPS) is 21.5. The molecule has 1 amide bonds. The van der Waals surface area contributed by atoms with E-state index < -0.39 is 5.60 Å². The molecule has 2 atom stereocenters. The third-order valence-corrected chi connectivity index (χ3v) is 3.63. The second-order valence-corrected chi connectivity index (χ2v) is 7.18. The summed E-state index contributed by atoms with van der Waals surface area (Å²) < 4.78 is 5.54. The molecular weight excluding hydrogens is 268 g/mol. The Morgan fingerprint density at radius 3 is 2.57 bits per heavy atom. The molecule has 0 spiro atoms. The van der Waals surface area contributed by atoms with E-state index in [4.69, 9.17) is 4.74 Å². The Bertz CT molecular complexity index is 326. The van der Waals surface area contributed by atoms with Crippen LogP contribution in [0.15, 0.2) is 0 Å². The van der Waals surface area contributed by atoms with E-state index in [2.05, 4.69) is 19.2 Å². The highest BCUT2D eigenvalue weighted by molar-refractivity contribution is 5.68. The van der Waals surface area contributed by atoms with E-state index in [0.29, 0.717) is 12.5 Å². The number of rotatable bonds is 5. The van der Waals surface area contributed by atoms with Gasteiger partial charge >= 0.3 is 6.09 Å². The highest BCUT2D eigenvalue weighted by Gasteiger charge is 2.35. The minimum absolute atomic E-state index is 0.100. The van der Waals surface area contributed by atoms with E-state index in [1.54, 1.807) is 0 Å². The van der Waals surface area contributed by atoms with E-state index in [0.717, 1.165) is 25.8 Å². The van der Waals surface area contributed by atoms with Crippen molar-refractivity contribution in [2.24, 2.45) is 0 Å². The largest absolute Gasteiger partial charge is 0.444 e. The van der Waals surface area contributed by atoms with Gasteiger partial charge in [0.1, 0.15) is 5.60 Å². The van der Waals surface area contributed by atoms with Gasteiger partial charge in [0.2, 0.25) is 0 Å². The summed E-state index contributed by atoms with van der Waals surface area (Å²) in [6, 6.07) is 0.537. The first-order valence-electron chi connectivity index (χ1n) is 8.11. The van der Waals surface area contributed by atoms with E-state index in [1.807, 2.05) is 25.7 Å². The number of amides is 1. The van der Waals surface area contributed by atoms with Crippen LogP contribution in [-0.2, 0) is 4.74 Å². The minimum Gasteiger partial charge on any atom is -0.444 e. The molecule has 1 aliphatic heterocycles. The van der Waals surface area contributed by atoms with Gasteiger partial charge in [-0.1, -0.05) is 13.8 Å². The summed E-state index contributed by atoms with van der Waals surface area (Å²) in [4.78, 5) is 14.3. The van der Waals surface area contributed by atoms with Crippen LogP contribution in [0.1, 0.15) is 60.3 Å². The fourth-order valence-electron chi connectivity index (χ4n) is 2.88. The molecule has 1 fully saturated rings. The highest BCUT2D eigenvalue weighted by Crippen LogP contribution is 2.24. The van der Waals surface area contributed by atoms with Crippen molar-refractivity contribution in [2.45, 2.75) is 84.0 Å². The number of aliphatic hydroxyl groups is 1. The summed E-state index contributed by atoms with van der Waals surface area (Å²) in [6.07, 6.45) is 3.52. The quantitative estimate of drug-likeness (QED) is 0.819. The van der Waals surface area contributed by atoms with Gasteiger partial charge in [-0.05, 0) is 46.5 Å². The number of hydrogen-bond acceptors (Lipinski definition) is 4. The van der Waals surface area contributed by atoms with Crippen molar-refractivity contribution in [2.75, 3.05) is 13.2 Å². The van der Waals surface area contributed by atoms with E-state index in [1.165, 1.54) is 0 Å². The first-order valence-corrected chi connectivity index (χ1v) is 8.11. The Morgan fingerprint density at radius 1 is 1.38 bits per heavy atom. The number of aliphatic hydroxyl groups excluding tert-OH is 1. The number of nitrogens with zero attached hydrogens (tertiary/aromatic N) is 1. The maximum absolute atomic E-state index is 12.4. The minimum atomic E-state index is -0.475. The zero-order chi connectivity index (χ0) is 16.0. The summed E-state index contributed by atoms with van der Waals surface area (Å²) in [5.41, 5.74) is -0.475. The van der Waals surface area contributed by atoms with Gasteiger partial charge in [-0.2, -0.15) is 0 Å². The lowest BCUT2D eigenvalue weighted by Crippen LogP contribution is -2.56. The molecule has 0 radical (unpaired) electrons. The molecule has 21 heavy (non-hydrogen) atoms. The van der Waals surface area contributed by atoms with Crippen LogP contribution in [0.3, 0.4) is 0 Å². The zero-order valence-electron chi connectivity index (χ0n) is 14.2. The molecule has 2 N–H and O–H groups in total. The maximum Gasteiger partial charge on any atom is 0.410 e. The van der Waals surface area contributed by atoms with Gasteiger partial charge in [0.25, 0.3) is 0 Å². The first-order chi connectivity index (χ1) is 9.74. The van der Waals surface area contributed by atoms with Gasteiger partial charge in [-0.25, -0.2) is 4.79 Å². The smallest absolute Gasteiger partial charge is 0.410 e. The lowest BCUT2D eigenvalue weighted by molar-refractivity contribution is 0.00282. The van der Waals surface area contributed by atoms with Crippen molar-refractivity contribution < 1.29 is 14.6 Å². The van der Waals surface area contributed by atoms with Crippen molar-refractivity contribution in [3.05, 3.63) is 0 Å². The van der Waals surface area contributed by atoms with Gasteiger partial charge in [0.05, 0.1) is 6.04 Å². The topological polar surface area (TPSA) is 61.8 Å². The number of nitrogens with one attached hydrogen (secondary N) is 1. The summed E-state index contributed by atoms with van der Waals surface area (Å²) in [6.45, 7) is 10.7. The number of hydrogen-bond donors (Lipinski definition) is 2. The van der Waals surface area contributed by atoms with Gasteiger partial charge in [0, 0.05) is 25.2 Å². The SMILES string of the molecule is CC(C)N[C@@H](CCO)[C@@H]1CCCCN1C(=O)OC(C)(C)C. The second-order valence-electron chi connectivity index (χ2n) is 7.18. The van der Waals surface area contributed by atoms with Crippen LogP contribution in [0.25, 0.3) is 0 Å². The van der Waals surface area contributed by atoms with E-state index in [9.17, 15) is 9.90 Å². The van der Waals surface area contributed by atoms with Gasteiger partial charge < -0.3 is 20.1 Å². The molecule has 5 nitrogen and oxygen atoms in total. The molecule has 1 aliphatic rings. The Balaban J connectivity index is 2.80. The van der Waals surface area contributed by atoms with Crippen LogP contribution in [0.2, 0.25) is 0 Å². The van der Waals surface area contributed by atoms with Crippen molar-refractivity contribution in [3.8, 4) is 0 Å². The molecule has 0 unspecified atom stereocenters. The average molecular weight is 300 g/mol. The van der Waals surface area contributed by atoms with Crippen LogP contribution < -0.4 is 5.32 Å². The third-order valence-electron chi connectivity index (χ3n) is 3.63. The third kappa shape index (κ3) is 6.22. The van der Waals surface area contributed by atoms with E-state index >= 15 is 0 Å². The first kappa shape index (κ1) is 18.2. The van der Waals surface area contributed by atoms with Crippen molar-refractivity contribution in [3.63, 3.8) is 0 Å². The van der Waals surface area contributed by atoms with Crippen molar-refractivity contribution in [1.29, 1.82) is 0 Å². The van der Waals surface area contributed by atoms with Crippen LogP contribution in [0, 0.1) is 0 Å². The molecule has 0 aromatic rings. The predicted molar refractivity (Wildman–Crippen MR) is 84.3 cm³/mol. The molecule has 0 aliphatic carbocycles. The molecule has 124 valence electrons. The lowest BCUT2D eigenvalue weighted by atomic mass is 9.93. The van der Waals surface area contributed by atoms with Gasteiger partial charge in [-0.15, -0.1) is 0 Å². The number of likely N-dealkylation sites (tertiary alicyclic amines) is 1. The number of piperidine rings is 1. The Hall–Kier alpha value is -0.810. The Kier molecular flexibility index (Phi) is 6.94. The lowest BCUT2D eigenvalue weighted by Gasteiger charge is -2.41. The summed E-state index contributed by atoms with van der Waals surface area (Å²) in [5, 5.41) is 12.8. The standard InChI is InChI=1S/C16H32N2O3/c1-12(2)17-13(9-11-19)14-8-6-7-10-18(14)15(20)21-16(3,4)5/h12-14,17,19H,6-11H2,1-5H3/t13-,14-/m0/s1. The zero-order valence-corrected chi connectivity index (χ0v) is 14.2. The molecular formula is C16H32N2O3. The summed E-state index contributed by atoms with van der Waals surface area (Å²) in [5.74, 6) is 0. The molecule has 1 heterocycles. The summed E-state index contributed by atoms with van der Waals surface area (Å²) in [7, 11) is 0. The molecule has 5 heteroatoms. The summed E-state index contributed by atoms with van der Waals surface area (Å²) >= 11 is 0. The Labute approximate surface area is 129 Å². The number of ether oxygens (including phenoxy) is 1. The fraction of sp³-hybridized carbons (Fsp3) is 0.938. The molecule has 0 saturated carbocycles. The number of carbonyl (C=O) groups excluding carboxylic acids is 1. The average Bonchev–Trinajstić information content (AvgIpc) is 2.35. The van der Waals surface area contributed by atoms with Gasteiger partial charge in [-0.3, -0.25) is 0 Å². The van der Waals surface area contributed by atoms with Crippen molar-refractivity contribution in [1.82, 2.24) is 10.2 Å². The molecule has 1 saturated heterocycles. The van der Waals surface area contributed by atoms with Crippen LogP contribution in [-0.4, -0.2) is 53.0 Å². The Morgan fingerprint density at radius 2 is 2.05 bits per heavy atom. The van der Waals surface area contributed by atoms with Crippen LogP contribution >= 0.6 is 0 Å². The maximum atomic E-state index is 12.4. The number of carbonyl (C=O) groups is 1. The van der Waals surface area contributed by atoms with Crippen molar-refractivity contribution >= 4 is 6.09 Å². The molecule has 1 rings (SSSR count). The van der Waals surface area contributed by atoms with Crippen LogP contribution in [0.4, 0.5) is 4.79 Å². The second kappa shape index (κ2) is 7.99. The molecule has 0 aromatic heterocycles. The van der Waals surface area contributed by atoms with Crippen LogP contribution in [0.5, 0.6) is 0 Å². The highest BCUT2D eigenvalue weighted by atomic mass is 16.6. The fourth-order valence-corrected chi connectivity index (χ4v) is 2.88. The predicted octanol–water partition coefficient (Wildman–Crippen LogP) is 2.53. The molecule has 0 bridgehead atoms. The van der Waals surface area contributed by atoms with Gasteiger partial charge in [0.15, 0.2) is 0 Å². The van der Waals surface area contributed by atoms with E-state index in [-0.39, 0.29) is 24.8 Å². The monoisotopic (exact) mass is 300 g/mol. The molecule has 0 aromatic carbocycles.